The largest absolute Gasteiger partial charge is 0.243 e. The predicted octanol–water partition coefficient (Wildman–Crippen LogP) is 3.41. The molecule has 0 N–H and O–H groups in total. The zero-order valence-corrected chi connectivity index (χ0v) is 13.3. The number of hydrogen-bond acceptors (Lipinski definition) is 2. The van der Waals surface area contributed by atoms with Crippen molar-refractivity contribution in [2.75, 3.05) is 12.4 Å². The molecule has 0 atom stereocenters. The fourth-order valence-electron chi connectivity index (χ4n) is 2.25. The zero-order valence-electron chi connectivity index (χ0n) is 11.8. The SMILES string of the molecule is CCC(CC)N(CCCl)S(=O)(=O)c1ccccc1C. The van der Waals surface area contributed by atoms with E-state index in [0.29, 0.717) is 17.3 Å². The Labute approximate surface area is 121 Å². The van der Waals surface area contributed by atoms with Crippen LogP contribution in [0.2, 0.25) is 0 Å². The van der Waals surface area contributed by atoms with Crippen molar-refractivity contribution in [1.82, 2.24) is 4.31 Å². The molecule has 0 heterocycles. The minimum Gasteiger partial charge on any atom is -0.207 e. The van der Waals surface area contributed by atoms with Crippen LogP contribution >= 0.6 is 11.6 Å². The Morgan fingerprint density at radius 1 is 1.21 bits per heavy atom. The quantitative estimate of drug-likeness (QED) is 0.724. The zero-order chi connectivity index (χ0) is 14.5. The minimum absolute atomic E-state index is 0.00311. The van der Waals surface area contributed by atoms with Crippen LogP contribution in [0.4, 0.5) is 0 Å². The second-order valence-corrected chi connectivity index (χ2v) is 6.78. The molecule has 5 heteroatoms. The third kappa shape index (κ3) is 3.71. The van der Waals surface area contributed by atoms with Crippen molar-refractivity contribution in [2.45, 2.75) is 44.6 Å². The molecule has 0 aliphatic heterocycles. The number of nitrogens with zero attached hydrogens (tertiary/aromatic N) is 1. The third-order valence-corrected chi connectivity index (χ3v) is 5.62. The van der Waals surface area contributed by atoms with E-state index in [1.54, 1.807) is 16.4 Å². The summed E-state index contributed by atoms with van der Waals surface area (Å²) in [7, 11) is -3.47. The van der Waals surface area contributed by atoms with Crippen LogP contribution in [0.5, 0.6) is 0 Å². The van der Waals surface area contributed by atoms with Crippen molar-refractivity contribution in [3.05, 3.63) is 29.8 Å². The maximum Gasteiger partial charge on any atom is 0.243 e. The molecule has 0 aromatic heterocycles. The standard InChI is InChI=1S/C14H22ClNO2S/c1-4-13(5-2)16(11-10-15)19(17,18)14-9-7-6-8-12(14)3/h6-9,13H,4-5,10-11H2,1-3H3. The molecule has 19 heavy (non-hydrogen) atoms. The summed E-state index contributed by atoms with van der Waals surface area (Å²) in [5.74, 6) is 0.307. The van der Waals surface area contributed by atoms with Crippen molar-refractivity contribution < 1.29 is 8.42 Å². The van der Waals surface area contributed by atoms with E-state index in [4.69, 9.17) is 11.6 Å². The van der Waals surface area contributed by atoms with Crippen LogP contribution in [0, 0.1) is 6.92 Å². The van der Waals surface area contributed by atoms with Gasteiger partial charge in [0.05, 0.1) is 4.90 Å². The molecule has 0 aliphatic carbocycles. The lowest BCUT2D eigenvalue weighted by Crippen LogP contribution is -2.41. The molecule has 0 amide bonds. The first-order valence-corrected chi connectivity index (χ1v) is 8.59. The van der Waals surface area contributed by atoms with Gasteiger partial charge in [0.25, 0.3) is 0 Å². The van der Waals surface area contributed by atoms with Crippen molar-refractivity contribution in [3.8, 4) is 0 Å². The van der Waals surface area contributed by atoms with Gasteiger partial charge in [-0.05, 0) is 31.4 Å². The lowest BCUT2D eigenvalue weighted by Gasteiger charge is -2.29. The van der Waals surface area contributed by atoms with E-state index >= 15 is 0 Å². The smallest absolute Gasteiger partial charge is 0.207 e. The Hall–Kier alpha value is -0.580. The molecule has 0 fully saturated rings. The van der Waals surface area contributed by atoms with E-state index in [2.05, 4.69) is 0 Å². The van der Waals surface area contributed by atoms with Crippen LogP contribution < -0.4 is 0 Å². The van der Waals surface area contributed by atoms with Gasteiger partial charge in [0.2, 0.25) is 10.0 Å². The molecule has 0 spiro atoms. The first-order chi connectivity index (χ1) is 8.98. The second kappa shape index (κ2) is 7.27. The van der Waals surface area contributed by atoms with Crippen molar-refractivity contribution in [3.63, 3.8) is 0 Å². The van der Waals surface area contributed by atoms with Gasteiger partial charge < -0.3 is 0 Å². The van der Waals surface area contributed by atoms with E-state index in [-0.39, 0.29) is 6.04 Å². The van der Waals surface area contributed by atoms with Crippen LogP contribution in [0.15, 0.2) is 29.2 Å². The van der Waals surface area contributed by atoms with E-state index in [1.807, 2.05) is 32.9 Å². The van der Waals surface area contributed by atoms with E-state index < -0.39 is 10.0 Å². The monoisotopic (exact) mass is 303 g/mol. The Kier molecular flexibility index (Phi) is 6.30. The Balaban J connectivity index is 3.24. The topological polar surface area (TPSA) is 37.4 Å². The molecule has 0 saturated heterocycles. The van der Waals surface area contributed by atoms with Crippen molar-refractivity contribution >= 4 is 21.6 Å². The first-order valence-electron chi connectivity index (χ1n) is 6.62. The van der Waals surface area contributed by atoms with Gasteiger partial charge in [0, 0.05) is 18.5 Å². The number of benzene rings is 1. The summed E-state index contributed by atoms with van der Waals surface area (Å²) in [6.45, 7) is 6.18. The molecule has 1 aromatic rings. The number of hydrogen-bond donors (Lipinski definition) is 0. The highest BCUT2D eigenvalue weighted by Gasteiger charge is 2.30. The molecule has 1 rings (SSSR count). The van der Waals surface area contributed by atoms with Crippen LogP contribution in [0.3, 0.4) is 0 Å². The molecular formula is C14H22ClNO2S. The van der Waals surface area contributed by atoms with Crippen LogP contribution in [-0.2, 0) is 10.0 Å². The molecule has 0 radical (unpaired) electrons. The van der Waals surface area contributed by atoms with Gasteiger partial charge in [-0.25, -0.2) is 8.42 Å². The van der Waals surface area contributed by atoms with Crippen LogP contribution in [-0.4, -0.2) is 31.2 Å². The first kappa shape index (κ1) is 16.5. The second-order valence-electron chi connectivity index (χ2n) is 4.54. The Morgan fingerprint density at radius 2 is 1.79 bits per heavy atom. The number of rotatable bonds is 7. The summed E-state index contributed by atoms with van der Waals surface area (Å²) >= 11 is 5.78. The highest BCUT2D eigenvalue weighted by atomic mass is 35.5. The molecule has 0 aliphatic rings. The Morgan fingerprint density at radius 3 is 2.26 bits per heavy atom. The van der Waals surface area contributed by atoms with E-state index in [1.165, 1.54) is 0 Å². The molecular weight excluding hydrogens is 282 g/mol. The highest BCUT2D eigenvalue weighted by Crippen LogP contribution is 2.23. The Bertz CT molecular complexity index is 498. The van der Waals surface area contributed by atoms with Gasteiger partial charge in [0.1, 0.15) is 0 Å². The fourth-order valence-corrected chi connectivity index (χ4v) is 4.53. The maximum absolute atomic E-state index is 12.8. The number of sulfonamides is 1. The van der Waals surface area contributed by atoms with Gasteiger partial charge in [-0.2, -0.15) is 4.31 Å². The summed E-state index contributed by atoms with van der Waals surface area (Å²) in [6, 6.07) is 7.08. The average molecular weight is 304 g/mol. The molecule has 3 nitrogen and oxygen atoms in total. The van der Waals surface area contributed by atoms with Crippen LogP contribution in [0.1, 0.15) is 32.3 Å². The van der Waals surface area contributed by atoms with Crippen molar-refractivity contribution in [2.24, 2.45) is 0 Å². The van der Waals surface area contributed by atoms with E-state index in [0.717, 1.165) is 18.4 Å². The number of halogens is 1. The normalized spacial score (nSPS) is 12.3. The molecule has 0 bridgehead atoms. The summed E-state index contributed by atoms with van der Waals surface area (Å²) in [5, 5.41) is 0. The summed E-state index contributed by atoms with van der Waals surface area (Å²) in [5.41, 5.74) is 0.771. The van der Waals surface area contributed by atoms with E-state index in [9.17, 15) is 8.42 Å². The number of aryl methyl sites for hydroxylation is 1. The average Bonchev–Trinajstić information content (AvgIpc) is 2.39. The maximum atomic E-state index is 12.8. The fraction of sp³-hybridized carbons (Fsp3) is 0.571. The third-order valence-electron chi connectivity index (χ3n) is 3.33. The molecule has 0 saturated carbocycles. The molecule has 1 aromatic carbocycles. The minimum atomic E-state index is -3.47. The van der Waals surface area contributed by atoms with Crippen LogP contribution in [0.25, 0.3) is 0 Å². The van der Waals surface area contributed by atoms with Gasteiger partial charge in [-0.15, -0.1) is 11.6 Å². The van der Waals surface area contributed by atoms with Gasteiger partial charge in [-0.3, -0.25) is 0 Å². The summed E-state index contributed by atoms with van der Waals surface area (Å²) < 4.78 is 27.1. The van der Waals surface area contributed by atoms with Gasteiger partial charge >= 0.3 is 0 Å². The molecule has 108 valence electrons. The van der Waals surface area contributed by atoms with Gasteiger partial charge in [-0.1, -0.05) is 32.0 Å². The number of alkyl halides is 1. The van der Waals surface area contributed by atoms with Gasteiger partial charge in [0.15, 0.2) is 0 Å². The summed E-state index contributed by atoms with van der Waals surface area (Å²) in [4.78, 5) is 0.381. The molecule has 0 unspecified atom stereocenters. The lowest BCUT2D eigenvalue weighted by molar-refractivity contribution is 0.316. The summed E-state index contributed by atoms with van der Waals surface area (Å²) in [6.07, 6.45) is 1.58. The van der Waals surface area contributed by atoms with Crippen molar-refractivity contribution in [1.29, 1.82) is 0 Å². The lowest BCUT2D eigenvalue weighted by atomic mass is 10.2. The predicted molar refractivity (Wildman–Crippen MR) is 80.2 cm³/mol. The highest BCUT2D eigenvalue weighted by molar-refractivity contribution is 7.89.